The second-order valence-electron chi connectivity index (χ2n) is 4.12. The van der Waals surface area contributed by atoms with Crippen LogP contribution in [0.1, 0.15) is 11.9 Å². The van der Waals surface area contributed by atoms with Crippen molar-refractivity contribution < 1.29 is 14.3 Å². The van der Waals surface area contributed by atoms with Crippen LogP contribution in [0.5, 0.6) is 5.75 Å². The van der Waals surface area contributed by atoms with Gasteiger partial charge in [0.1, 0.15) is 24.0 Å². The summed E-state index contributed by atoms with van der Waals surface area (Å²) in [6.45, 7) is 2.70. The SMILES string of the molecule is CCc1nnc(NC(=O)COCCOc2ccccc2)s1. The van der Waals surface area contributed by atoms with Crippen molar-refractivity contribution in [3.63, 3.8) is 0 Å². The fraction of sp³-hybridized carbons (Fsp3) is 0.357. The summed E-state index contributed by atoms with van der Waals surface area (Å²) in [6, 6.07) is 9.46. The number of aromatic nitrogens is 2. The van der Waals surface area contributed by atoms with Gasteiger partial charge in [0.25, 0.3) is 5.91 Å². The maximum Gasteiger partial charge on any atom is 0.252 e. The predicted octanol–water partition coefficient (Wildman–Crippen LogP) is 2.13. The molecule has 7 heteroatoms. The molecule has 6 nitrogen and oxygen atoms in total. The maximum atomic E-state index is 11.6. The van der Waals surface area contributed by atoms with E-state index in [9.17, 15) is 4.79 Å². The van der Waals surface area contributed by atoms with E-state index in [-0.39, 0.29) is 12.5 Å². The summed E-state index contributed by atoms with van der Waals surface area (Å²) in [5.74, 6) is 0.542. The van der Waals surface area contributed by atoms with E-state index in [1.54, 1.807) is 0 Å². The van der Waals surface area contributed by atoms with Crippen molar-refractivity contribution in [1.29, 1.82) is 0 Å². The smallest absolute Gasteiger partial charge is 0.252 e. The van der Waals surface area contributed by atoms with Crippen LogP contribution in [0.3, 0.4) is 0 Å². The Kier molecular flexibility index (Phi) is 6.11. The van der Waals surface area contributed by atoms with Crippen molar-refractivity contribution in [2.75, 3.05) is 25.1 Å². The zero-order valence-corrected chi connectivity index (χ0v) is 12.6. The van der Waals surface area contributed by atoms with Gasteiger partial charge >= 0.3 is 0 Å². The summed E-state index contributed by atoms with van der Waals surface area (Å²) in [5, 5.41) is 11.8. The Morgan fingerprint density at radius 1 is 1.24 bits per heavy atom. The highest BCUT2D eigenvalue weighted by Gasteiger charge is 2.07. The monoisotopic (exact) mass is 307 g/mol. The number of benzene rings is 1. The molecule has 1 N–H and O–H groups in total. The topological polar surface area (TPSA) is 73.3 Å². The van der Waals surface area contributed by atoms with Gasteiger partial charge in [0.2, 0.25) is 5.13 Å². The Hall–Kier alpha value is -1.99. The van der Waals surface area contributed by atoms with E-state index in [4.69, 9.17) is 9.47 Å². The van der Waals surface area contributed by atoms with Crippen LogP contribution in [0, 0.1) is 0 Å². The van der Waals surface area contributed by atoms with Gasteiger partial charge in [-0.25, -0.2) is 0 Å². The number of rotatable bonds is 8. The predicted molar refractivity (Wildman–Crippen MR) is 80.7 cm³/mol. The van der Waals surface area contributed by atoms with Crippen molar-refractivity contribution in [1.82, 2.24) is 10.2 Å². The van der Waals surface area contributed by atoms with Gasteiger partial charge in [0, 0.05) is 0 Å². The number of nitrogens with zero attached hydrogens (tertiary/aromatic N) is 2. The Bertz CT molecular complexity index is 560. The number of aryl methyl sites for hydroxylation is 1. The molecule has 0 radical (unpaired) electrons. The molecule has 0 spiro atoms. The van der Waals surface area contributed by atoms with E-state index in [1.165, 1.54) is 11.3 Å². The number of ether oxygens (including phenoxy) is 2. The molecule has 0 bridgehead atoms. The van der Waals surface area contributed by atoms with Crippen LogP contribution >= 0.6 is 11.3 Å². The Labute approximate surface area is 127 Å². The molecular weight excluding hydrogens is 290 g/mol. The lowest BCUT2D eigenvalue weighted by atomic mass is 10.3. The quantitative estimate of drug-likeness (QED) is 0.756. The molecule has 1 aromatic heterocycles. The second-order valence-corrected chi connectivity index (χ2v) is 5.18. The summed E-state index contributed by atoms with van der Waals surface area (Å²) >= 11 is 1.37. The molecule has 0 saturated heterocycles. The zero-order valence-electron chi connectivity index (χ0n) is 11.7. The average Bonchev–Trinajstić information content (AvgIpc) is 2.95. The number of para-hydroxylation sites is 1. The van der Waals surface area contributed by atoms with Crippen LogP contribution in [0.2, 0.25) is 0 Å². The van der Waals surface area contributed by atoms with Gasteiger partial charge in [-0.3, -0.25) is 10.1 Å². The number of hydrogen-bond acceptors (Lipinski definition) is 6. The fourth-order valence-electron chi connectivity index (χ4n) is 1.50. The number of carbonyl (C=O) groups is 1. The van der Waals surface area contributed by atoms with E-state index >= 15 is 0 Å². The average molecular weight is 307 g/mol. The second kappa shape index (κ2) is 8.33. The van der Waals surface area contributed by atoms with Gasteiger partial charge in [-0.1, -0.05) is 36.5 Å². The molecule has 21 heavy (non-hydrogen) atoms. The Morgan fingerprint density at radius 3 is 2.76 bits per heavy atom. The van der Waals surface area contributed by atoms with E-state index in [0.717, 1.165) is 17.2 Å². The minimum absolute atomic E-state index is 0.0286. The zero-order chi connectivity index (χ0) is 14.9. The first kappa shape index (κ1) is 15.4. The molecule has 0 unspecified atom stereocenters. The third-order valence-corrected chi connectivity index (χ3v) is 3.47. The van der Waals surface area contributed by atoms with Gasteiger partial charge in [-0.05, 0) is 18.6 Å². The van der Waals surface area contributed by atoms with E-state index < -0.39 is 0 Å². The molecule has 0 aliphatic heterocycles. The highest BCUT2D eigenvalue weighted by molar-refractivity contribution is 7.15. The summed E-state index contributed by atoms with van der Waals surface area (Å²) in [5.41, 5.74) is 0. The molecule has 1 heterocycles. The van der Waals surface area contributed by atoms with Crippen molar-refractivity contribution in [3.8, 4) is 5.75 Å². The van der Waals surface area contributed by atoms with Gasteiger partial charge < -0.3 is 9.47 Å². The van der Waals surface area contributed by atoms with Crippen LogP contribution < -0.4 is 10.1 Å². The molecule has 112 valence electrons. The van der Waals surface area contributed by atoms with Gasteiger partial charge in [0.05, 0.1) is 6.61 Å². The molecule has 2 aromatic rings. The number of hydrogen-bond donors (Lipinski definition) is 1. The van der Waals surface area contributed by atoms with Crippen molar-refractivity contribution in [3.05, 3.63) is 35.3 Å². The van der Waals surface area contributed by atoms with Gasteiger partial charge in [0.15, 0.2) is 0 Å². The summed E-state index contributed by atoms with van der Waals surface area (Å²) in [6.07, 6.45) is 0.806. The maximum absolute atomic E-state index is 11.6. The van der Waals surface area contributed by atoms with Crippen LogP contribution in [-0.4, -0.2) is 35.9 Å². The van der Waals surface area contributed by atoms with E-state index in [1.807, 2.05) is 37.3 Å². The highest BCUT2D eigenvalue weighted by Crippen LogP contribution is 2.15. The first-order valence-electron chi connectivity index (χ1n) is 6.65. The largest absolute Gasteiger partial charge is 0.491 e. The Morgan fingerprint density at radius 2 is 2.05 bits per heavy atom. The molecule has 0 saturated carbocycles. The van der Waals surface area contributed by atoms with Crippen LogP contribution in [0.25, 0.3) is 0 Å². The lowest BCUT2D eigenvalue weighted by Gasteiger charge is -2.06. The van der Waals surface area contributed by atoms with Crippen LogP contribution in [0.4, 0.5) is 5.13 Å². The summed E-state index contributed by atoms with van der Waals surface area (Å²) in [4.78, 5) is 11.6. The molecule has 0 aliphatic carbocycles. The van der Waals surface area contributed by atoms with Crippen molar-refractivity contribution in [2.24, 2.45) is 0 Å². The van der Waals surface area contributed by atoms with Gasteiger partial charge in [-0.15, -0.1) is 10.2 Å². The first-order valence-corrected chi connectivity index (χ1v) is 7.47. The fourth-order valence-corrected chi connectivity index (χ4v) is 2.20. The van der Waals surface area contributed by atoms with E-state index in [2.05, 4.69) is 15.5 Å². The summed E-state index contributed by atoms with van der Waals surface area (Å²) in [7, 11) is 0. The number of nitrogens with one attached hydrogen (secondary N) is 1. The molecule has 1 aromatic carbocycles. The standard InChI is InChI=1S/C14H17N3O3S/c1-2-13-16-17-14(21-13)15-12(18)10-19-8-9-20-11-6-4-3-5-7-11/h3-7H,2,8-10H2,1H3,(H,15,17,18). The Balaban J connectivity index is 1.59. The van der Waals surface area contributed by atoms with Crippen LogP contribution in [-0.2, 0) is 16.0 Å². The molecule has 0 atom stereocenters. The molecule has 2 rings (SSSR count). The van der Waals surface area contributed by atoms with Crippen molar-refractivity contribution in [2.45, 2.75) is 13.3 Å². The first-order chi connectivity index (χ1) is 10.3. The summed E-state index contributed by atoms with van der Waals surface area (Å²) < 4.78 is 10.7. The van der Waals surface area contributed by atoms with Gasteiger partial charge in [-0.2, -0.15) is 0 Å². The highest BCUT2D eigenvalue weighted by atomic mass is 32.1. The number of carbonyl (C=O) groups excluding carboxylic acids is 1. The third-order valence-electron chi connectivity index (χ3n) is 2.49. The molecule has 1 amide bonds. The molecule has 0 aliphatic rings. The lowest BCUT2D eigenvalue weighted by molar-refractivity contribution is -0.120. The van der Waals surface area contributed by atoms with E-state index in [0.29, 0.717) is 18.3 Å². The van der Waals surface area contributed by atoms with Crippen LogP contribution in [0.15, 0.2) is 30.3 Å². The van der Waals surface area contributed by atoms with Crippen molar-refractivity contribution >= 4 is 22.4 Å². The number of amides is 1. The third kappa shape index (κ3) is 5.49. The minimum atomic E-state index is -0.242. The molecular formula is C14H17N3O3S. The minimum Gasteiger partial charge on any atom is -0.491 e. The lowest BCUT2D eigenvalue weighted by Crippen LogP contribution is -2.20. The molecule has 0 fully saturated rings. The normalized spacial score (nSPS) is 10.3. The number of anilines is 1.